The third-order valence-electron chi connectivity index (χ3n) is 2.18. The zero-order valence-electron chi connectivity index (χ0n) is 9.96. The lowest BCUT2D eigenvalue weighted by molar-refractivity contribution is 0.340. The van der Waals surface area contributed by atoms with Crippen LogP contribution >= 0.6 is 11.3 Å². The van der Waals surface area contributed by atoms with Crippen molar-refractivity contribution in [3.8, 4) is 17.0 Å². The van der Waals surface area contributed by atoms with Crippen LogP contribution < -0.4 is 16.2 Å². The van der Waals surface area contributed by atoms with Crippen LogP contribution in [-0.4, -0.2) is 17.6 Å². The molecule has 2 rings (SSSR count). The Hall–Kier alpha value is -2.08. The monoisotopic (exact) mass is 262 g/mol. The van der Waals surface area contributed by atoms with Crippen molar-refractivity contribution in [2.75, 3.05) is 6.61 Å². The fourth-order valence-electron chi connectivity index (χ4n) is 1.45. The van der Waals surface area contributed by atoms with Gasteiger partial charge in [0.15, 0.2) is 5.96 Å². The predicted molar refractivity (Wildman–Crippen MR) is 74.2 cm³/mol. The number of hydrogen-bond donors (Lipinski definition) is 2. The molecule has 6 heteroatoms. The molecule has 94 valence electrons. The number of aromatic nitrogens is 1. The molecule has 5 nitrogen and oxygen atoms in total. The second-order valence-corrected chi connectivity index (χ2v) is 4.35. The number of nitrogens with zero attached hydrogens (tertiary/aromatic N) is 2. The first-order valence-electron chi connectivity index (χ1n) is 5.47. The second-order valence-electron chi connectivity index (χ2n) is 3.51. The standard InChI is InChI=1S/C12H14N4OS/c1-2-17-9-5-3-8(4-6-9)10-7-18-12(15-10)16-11(13)14/h3-7H,2H2,1H3,(H4,13,14,15,16). The third kappa shape index (κ3) is 2.98. The first kappa shape index (κ1) is 12.4. The molecule has 0 fully saturated rings. The van der Waals surface area contributed by atoms with Crippen molar-refractivity contribution in [2.45, 2.75) is 6.92 Å². The normalized spacial score (nSPS) is 10.1. The Morgan fingerprint density at radius 1 is 1.33 bits per heavy atom. The average molecular weight is 262 g/mol. The summed E-state index contributed by atoms with van der Waals surface area (Å²) in [6.07, 6.45) is 0. The van der Waals surface area contributed by atoms with Gasteiger partial charge in [0, 0.05) is 10.9 Å². The number of aliphatic imine (C=N–C) groups is 1. The van der Waals surface area contributed by atoms with E-state index in [1.165, 1.54) is 11.3 Å². The zero-order valence-corrected chi connectivity index (χ0v) is 10.8. The lowest BCUT2D eigenvalue weighted by atomic mass is 10.2. The molecule has 0 bridgehead atoms. The molecule has 0 aliphatic rings. The van der Waals surface area contributed by atoms with Gasteiger partial charge in [0.25, 0.3) is 0 Å². The fraction of sp³-hybridized carbons (Fsp3) is 0.167. The van der Waals surface area contributed by atoms with Crippen LogP contribution in [0.5, 0.6) is 5.75 Å². The number of rotatable bonds is 4. The summed E-state index contributed by atoms with van der Waals surface area (Å²) in [6, 6.07) is 7.75. The van der Waals surface area contributed by atoms with E-state index < -0.39 is 0 Å². The van der Waals surface area contributed by atoms with Gasteiger partial charge < -0.3 is 16.2 Å². The van der Waals surface area contributed by atoms with Crippen LogP contribution in [0.25, 0.3) is 11.3 Å². The number of hydrogen-bond acceptors (Lipinski definition) is 4. The summed E-state index contributed by atoms with van der Waals surface area (Å²) in [7, 11) is 0. The van der Waals surface area contributed by atoms with Crippen molar-refractivity contribution >= 4 is 22.4 Å². The SMILES string of the molecule is CCOc1ccc(-c2csc(N=C(N)N)n2)cc1. The Morgan fingerprint density at radius 2 is 2.06 bits per heavy atom. The van der Waals surface area contributed by atoms with Gasteiger partial charge in [0.05, 0.1) is 12.3 Å². The first-order valence-corrected chi connectivity index (χ1v) is 6.35. The minimum absolute atomic E-state index is 0.0163. The van der Waals surface area contributed by atoms with Crippen LogP contribution in [0, 0.1) is 0 Å². The Kier molecular flexibility index (Phi) is 3.78. The summed E-state index contributed by atoms with van der Waals surface area (Å²) >= 11 is 1.40. The van der Waals surface area contributed by atoms with Gasteiger partial charge in [0.2, 0.25) is 5.13 Å². The smallest absolute Gasteiger partial charge is 0.212 e. The molecule has 1 aromatic carbocycles. The van der Waals surface area contributed by atoms with Gasteiger partial charge in [-0.2, -0.15) is 4.99 Å². The van der Waals surface area contributed by atoms with Gasteiger partial charge in [-0.25, -0.2) is 4.98 Å². The third-order valence-corrected chi connectivity index (χ3v) is 2.91. The molecule has 0 aliphatic carbocycles. The predicted octanol–water partition coefficient (Wildman–Crippen LogP) is 2.11. The number of thiazole rings is 1. The Morgan fingerprint density at radius 3 is 2.67 bits per heavy atom. The van der Waals surface area contributed by atoms with Crippen molar-refractivity contribution in [1.82, 2.24) is 4.98 Å². The zero-order chi connectivity index (χ0) is 13.0. The van der Waals surface area contributed by atoms with Gasteiger partial charge in [-0.05, 0) is 31.2 Å². The van der Waals surface area contributed by atoms with Crippen LogP contribution in [-0.2, 0) is 0 Å². The van der Waals surface area contributed by atoms with E-state index in [1.807, 2.05) is 36.6 Å². The van der Waals surface area contributed by atoms with Gasteiger partial charge >= 0.3 is 0 Å². The highest BCUT2D eigenvalue weighted by Crippen LogP contribution is 2.27. The fourth-order valence-corrected chi connectivity index (χ4v) is 2.16. The highest BCUT2D eigenvalue weighted by atomic mass is 32.1. The van der Waals surface area contributed by atoms with E-state index >= 15 is 0 Å². The maximum atomic E-state index is 5.38. The molecule has 0 unspecified atom stereocenters. The van der Waals surface area contributed by atoms with Crippen molar-refractivity contribution in [3.05, 3.63) is 29.6 Å². The molecular formula is C12H14N4OS. The van der Waals surface area contributed by atoms with Crippen LogP contribution in [0.4, 0.5) is 5.13 Å². The van der Waals surface area contributed by atoms with Gasteiger partial charge in [0.1, 0.15) is 5.75 Å². The Balaban J connectivity index is 2.20. The van der Waals surface area contributed by atoms with Crippen molar-refractivity contribution < 1.29 is 4.74 Å². The Labute approximate surface area is 109 Å². The van der Waals surface area contributed by atoms with E-state index in [-0.39, 0.29) is 5.96 Å². The summed E-state index contributed by atoms with van der Waals surface area (Å²) in [4.78, 5) is 8.23. The largest absolute Gasteiger partial charge is 0.494 e. The van der Waals surface area contributed by atoms with Gasteiger partial charge in [-0.1, -0.05) is 0 Å². The molecule has 1 aromatic heterocycles. The van der Waals surface area contributed by atoms with Crippen LogP contribution in [0.1, 0.15) is 6.92 Å². The lowest BCUT2D eigenvalue weighted by Gasteiger charge is -2.02. The number of nitrogens with two attached hydrogens (primary N) is 2. The molecule has 0 radical (unpaired) electrons. The van der Waals surface area contributed by atoms with E-state index in [9.17, 15) is 0 Å². The van der Waals surface area contributed by atoms with E-state index in [4.69, 9.17) is 16.2 Å². The molecule has 2 aromatic rings. The molecule has 0 spiro atoms. The van der Waals surface area contributed by atoms with E-state index in [0.717, 1.165) is 17.0 Å². The number of guanidine groups is 1. The average Bonchev–Trinajstić information content (AvgIpc) is 2.78. The molecule has 0 aliphatic heterocycles. The molecule has 0 saturated heterocycles. The highest BCUT2D eigenvalue weighted by molar-refractivity contribution is 7.13. The minimum atomic E-state index is 0.0163. The van der Waals surface area contributed by atoms with E-state index in [1.54, 1.807) is 0 Å². The minimum Gasteiger partial charge on any atom is -0.494 e. The van der Waals surface area contributed by atoms with Crippen molar-refractivity contribution in [1.29, 1.82) is 0 Å². The number of ether oxygens (including phenoxy) is 1. The summed E-state index contributed by atoms with van der Waals surface area (Å²) in [5, 5.41) is 2.47. The summed E-state index contributed by atoms with van der Waals surface area (Å²) in [6.45, 7) is 2.61. The van der Waals surface area contributed by atoms with Crippen LogP contribution in [0.15, 0.2) is 34.6 Å². The van der Waals surface area contributed by atoms with E-state index in [0.29, 0.717) is 11.7 Å². The lowest BCUT2D eigenvalue weighted by Crippen LogP contribution is -2.21. The quantitative estimate of drug-likeness (QED) is 0.652. The van der Waals surface area contributed by atoms with Gasteiger partial charge in [-0.3, -0.25) is 0 Å². The maximum absolute atomic E-state index is 5.38. The molecule has 0 atom stereocenters. The molecule has 0 saturated carbocycles. The van der Waals surface area contributed by atoms with Crippen LogP contribution in [0.2, 0.25) is 0 Å². The summed E-state index contributed by atoms with van der Waals surface area (Å²) in [5.41, 5.74) is 12.5. The molecule has 1 heterocycles. The molecule has 0 amide bonds. The van der Waals surface area contributed by atoms with Crippen molar-refractivity contribution in [3.63, 3.8) is 0 Å². The first-order chi connectivity index (χ1) is 8.69. The topological polar surface area (TPSA) is 86.5 Å². The number of benzene rings is 1. The van der Waals surface area contributed by atoms with Crippen LogP contribution in [0.3, 0.4) is 0 Å². The van der Waals surface area contributed by atoms with Gasteiger partial charge in [-0.15, -0.1) is 11.3 Å². The second kappa shape index (κ2) is 5.50. The molecular weight excluding hydrogens is 248 g/mol. The highest BCUT2D eigenvalue weighted by Gasteiger charge is 2.04. The Bertz CT molecular complexity index is 543. The molecule has 18 heavy (non-hydrogen) atoms. The maximum Gasteiger partial charge on any atom is 0.212 e. The van der Waals surface area contributed by atoms with Crippen molar-refractivity contribution in [2.24, 2.45) is 16.5 Å². The summed E-state index contributed by atoms with van der Waals surface area (Å²) < 4.78 is 5.38. The molecule has 4 N–H and O–H groups in total. The van der Waals surface area contributed by atoms with E-state index in [2.05, 4.69) is 9.98 Å². The summed E-state index contributed by atoms with van der Waals surface area (Å²) in [5.74, 6) is 0.864.